The Labute approximate surface area is 123 Å². The van der Waals surface area contributed by atoms with Crippen LogP contribution in [0.2, 0.25) is 0 Å². The largest absolute Gasteiger partial charge is 0.338 e. The lowest BCUT2D eigenvalue weighted by Crippen LogP contribution is -2.32. The third-order valence-corrected chi connectivity index (χ3v) is 4.78. The van der Waals surface area contributed by atoms with Gasteiger partial charge >= 0.3 is 0 Å². The van der Waals surface area contributed by atoms with Crippen molar-refractivity contribution in [1.29, 1.82) is 0 Å². The fourth-order valence-corrected chi connectivity index (χ4v) is 3.76. The lowest BCUT2D eigenvalue weighted by atomic mass is 9.84. The van der Waals surface area contributed by atoms with Crippen molar-refractivity contribution in [3.63, 3.8) is 0 Å². The highest BCUT2D eigenvalue weighted by Crippen LogP contribution is 2.43. The Balaban J connectivity index is 1.53. The van der Waals surface area contributed by atoms with Crippen molar-refractivity contribution in [1.82, 2.24) is 14.9 Å². The van der Waals surface area contributed by atoms with Crippen LogP contribution in [0, 0.1) is 5.41 Å². The van der Waals surface area contributed by atoms with Gasteiger partial charge in [0.1, 0.15) is 6.33 Å². The summed E-state index contributed by atoms with van der Waals surface area (Å²) in [7, 11) is 0. The van der Waals surface area contributed by atoms with E-state index >= 15 is 0 Å². The zero-order chi connectivity index (χ0) is 14.3. The fraction of sp³-hybridized carbons (Fsp3) is 0.353. The Morgan fingerprint density at radius 2 is 1.76 bits per heavy atom. The van der Waals surface area contributed by atoms with Crippen LogP contribution in [-0.2, 0) is 12.8 Å². The molecule has 4 heteroatoms. The predicted molar refractivity (Wildman–Crippen MR) is 78.8 cm³/mol. The van der Waals surface area contributed by atoms with Gasteiger partial charge in [0.05, 0.1) is 5.56 Å². The number of hydrogen-bond acceptors (Lipinski definition) is 3. The van der Waals surface area contributed by atoms with Crippen LogP contribution < -0.4 is 0 Å². The number of nitrogens with zero attached hydrogens (tertiary/aromatic N) is 3. The van der Waals surface area contributed by atoms with Gasteiger partial charge in [-0.25, -0.2) is 9.97 Å². The van der Waals surface area contributed by atoms with Crippen LogP contribution in [0.25, 0.3) is 0 Å². The maximum absolute atomic E-state index is 12.5. The molecule has 0 N–H and O–H groups in total. The lowest BCUT2D eigenvalue weighted by molar-refractivity contribution is 0.0773. The van der Waals surface area contributed by atoms with E-state index in [-0.39, 0.29) is 11.3 Å². The molecule has 1 amide bonds. The molecule has 0 saturated carbocycles. The summed E-state index contributed by atoms with van der Waals surface area (Å²) in [4.78, 5) is 22.3. The first-order valence-corrected chi connectivity index (χ1v) is 7.37. The van der Waals surface area contributed by atoms with Crippen molar-refractivity contribution in [3.05, 3.63) is 59.7 Å². The number of hydrogen-bond donors (Lipinski definition) is 0. The van der Waals surface area contributed by atoms with Crippen LogP contribution in [0.1, 0.15) is 27.9 Å². The molecular weight excluding hydrogens is 262 g/mol. The summed E-state index contributed by atoms with van der Waals surface area (Å²) >= 11 is 0. The second-order valence-electron chi connectivity index (χ2n) is 6.23. The molecule has 21 heavy (non-hydrogen) atoms. The number of benzene rings is 1. The van der Waals surface area contributed by atoms with E-state index in [1.807, 2.05) is 4.90 Å². The molecular formula is C17H17N3O. The number of aromatic nitrogens is 2. The predicted octanol–water partition coefficient (Wildman–Crippen LogP) is 2.11. The Kier molecular flexibility index (Phi) is 2.77. The number of rotatable bonds is 1. The van der Waals surface area contributed by atoms with Gasteiger partial charge in [0.2, 0.25) is 0 Å². The molecule has 0 bridgehead atoms. The molecule has 1 spiro atoms. The molecule has 2 aliphatic rings. The molecule has 2 heterocycles. The van der Waals surface area contributed by atoms with Gasteiger partial charge in [0.25, 0.3) is 5.91 Å². The van der Waals surface area contributed by atoms with Gasteiger partial charge in [-0.2, -0.15) is 0 Å². The molecule has 1 aromatic heterocycles. The van der Waals surface area contributed by atoms with Crippen LogP contribution in [0.4, 0.5) is 0 Å². The first-order valence-electron chi connectivity index (χ1n) is 7.37. The summed E-state index contributed by atoms with van der Waals surface area (Å²) in [6.07, 6.45) is 7.93. The van der Waals surface area contributed by atoms with E-state index in [1.165, 1.54) is 17.5 Å². The van der Waals surface area contributed by atoms with Gasteiger partial charge in [-0.15, -0.1) is 0 Å². The zero-order valence-electron chi connectivity index (χ0n) is 11.8. The van der Waals surface area contributed by atoms with Crippen molar-refractivity contribution in [2.24, 2.45) is 5.41 Å². The maximum atomic E-state index is 12.5. The van der Waals surface area contributed by atoms with Gasteiger partial charge in [0, 0.05) is 25.5 Å². The van der Waals surface area contributed by atoms with Crippen molar-refractivity contribution >= 4 is 5.91 Å². The molecule has 1 fully saturated rings. The van der Waals surface area contributed by atoms with Crippen LogP contribution in [-0.4, -0.2) is 33.9 Å². The van der Waals surface area contributed by atoms with Gasteiger partial charge in [-0.1, -0.05) is 24.3 Å². The van der Waals surface area contributed by atoms with E-state index < -0.39 is 0 Å². The average molecular weight is 279 g/mol. The number of amides is 1. The summed E-state index contributed by atoms with van der Waals surface area (Å²) in [5.74, 6) is 0.0587. The standard InChI is InChI=1S/C17H17N3O/c21-16(15-9-18-12-19-10-15)20-6-5-17(11-20)7-13-3-1-2-4-14(13)8-17/h1-4,9-10,12H,5-8,11H2. The van der Waals surface area contributed by atoms with Crippen molar-refractivity contribution in [2.45, 2.75) is 19.3 Å². The summed E-state index contributed by atoms with van der Waals surface area (Å²) in [6.45, 7) is 1.68. The molecule has 106 valence electrons. The van der Waals surface area contributed by atoms with E-state index in [9.17, 15) is 4.79 Å². The quantitative estimate of drug-likeness (QED) is 0.803. The monoisotopic (exact) mass is 279 g/mol. The van der Waals surface area contributed by atoms with Crippen LogP contribution in [0.5, 0.6) is 0 Å². The summed E-state index contributed by atoms with van der Waals surface area (Å²) < 4.78 is 0. The van der Waals surface area contributed by atoms with E-state index in [4.69, 9.17) is 0 Å². The maximum Gasteiger partial charge on any atom is 0.257 e. The number of likely N-dealkylation sites (tertiary alicyclic amines) is 1. The summed E-state index contributed by atoms with van der Waals surface area (Å²) in [6, 6.07) is 8.66. The molecule has 1 saturated heterocycles. The van der Waals surface area contributed by atoms with Crippen LogP contribution in [0.15, 0.2) is 43.0 Å². The van der Waals surface area contributed by atoms with E-state index in [1.54, 1.807) is 12.4 Å². The van der Waals surface area contributed by atoms with E-state index in [2.05, 4.69) is 34.2 Å². The van der Waals surface area contributed by atoms with Crippen LogP contribution in [0.3, 0.4) is 0 Å². The molecule has 1 aliphatic carbocycles. The Morgan fingerprint density at radius 1 is 1.10 bits per heavy atom. The first kappa shape index (κ1) is 12.5. The van der Waals surface area contributed by atoms with E-state index in [0.717, 1.165) is 32.4 Å². The highest BCUT2D eigenvalue weighted by molar-refractivity contribution is 5.93. The SMILES string of the molecule is O=C(c1cncnc1)N1CCC2(Cc3ccccc3C2)C1. The average Bonchev–Trinajstić information content (AvgIpc) is 3.10. The molecule has 1 aliphatic heterocycles. The topological polar surface area (TPSA) is 46.1 Å². The summed E-state index contributed by atoms with van der Waals surface area (Å²) in [5.41, 5.74) is 3.74. The molecule has 4 rings (SSSR count). The third-order valence-electron chi connectivity index (χ3n) is 4.78. The second-order valence-corrected chi connectivity index (χ2v) is 6.23. The highest BCUT2D eigenvalue weighted by atomic mass is 16.2. The number of fused-ring (bicyclic) bond motifs is 1. The van der Waals surface area contributed by atoms with Crippen molar-refractivity contribution in [3.8, 4) is 0 Å². The first-order chi connectivity index (χ1) is 10.3. The smallest absolute Gasteiger partial charge is 0.257 e. The number of carbonyl (C=O) groups is 1. The molecule has 4 nitrogen and oxygen atoms in total. The minimum Gasteiger partial charge on any atom is -0.338 e. The van der Waals surface area contributed by atoms with Crippen molar-refractivity contribution in [2.75, 3.05) is 13.1 Å². The fourth-order valence-electron chi connectivity index (χ4n) is 3.76. The van der Waals surface area contributed by atoms with Crippen molar-refractivity contribution < 1.29 is 4.79 Å². The number of carbonyl (C=O) groups excluding carboxylic acids is 1. The normalized spacial score (nSPS) is 19.0. The van der Waals surface area contributed by atoms with Crippen LogP contribution >= 0.6 is 0 Å². The molecule has 0 radical (unpaired) electrons. The Morgan fingerprint density at radius 3 is 2.43 bits per heavy atom. The van der Waals surface area contributed by atoms with Gasteiger partial charge in [-0.3, -0.25) is 4.79 Å². The molecule has 0 atom stereocenters. The molecule has 2 aromatic rings. The lowest BCUT2D eigenvalue weighted by Gasteiger charge is -2.23. The Hall–Kier alpha value is -2.23. The minimum absolute atomic E-state index is 0.0587. The Bertz CT molecular complexity index is 658. The zero-order valence-corrected chi connectivity index (χ0v) is 11.8. The van der Waals surface area contributed by atoms with E-state index in [0.29, 0.717) is 5.56 Å². The minimum atomic E-state index is 0.0587. The highest BCUT2D eigenvalue weighted by Gasteiger charge is 2.44. The molecule has 0 unspecified atom stereocenters. The second kappa shape index (κ2) is 4.65. The van der Waals surface area contributed by atoms with Gasteiger partial charge in [0.15, 0.2) is 0 Å². The van der Waals surface area contributed by atoms with Gasteiger partial charge < -0.3 is 4.90 Å². The summed E-state index contributed by atoms with van der Waals surface area (Å²) in [5, 5.41) is 0. The van der Waals surface area contributed by atoms with Gasteiger partial charge in [-0.05, 0) is 35.8 Å². The molecule has 1 aromatic carbocycles. The third kappa shape index (κ3) is 2.11.